The van der Waals surface area contributed by atoms with E-state index >= 15 is 0 Å². The highest BCUT2D eigenvalue weighted by atomic mass is 32.2. The van der Waals surface area contributed by atoms with E-state index in [1.165, 1.54) is 42.2 Å². The Morgan fingerprint density at radius 3 is 3.06 bits per heavy atom. The second-order valence-electron chi connectivity index (χ2n) is 4.80. The molecule has 0 aromatic heterocycles. The lowest BCUT2D eigenvalue weighted by molar-refractivity contribution is 0.583. The molecule has 0 aliphatic carbocycles. The van der Waals surface area contributed by atoms with E-state index in [1.807, 2.05) is 23.5 Å². The van der Waals surface area contributed by atoms with Gasteiger partial charge in [-0.2, -0.15) is 11.8 Å². The second kappa shape index (κ2) is 8.13. The van der Waals surface area contributed by atoms with Crippen LogP contribution in [0, 0.1) is 0 Å². The van der Waals surface area contributed by atoms with Crippen molar-refractivity contribution in [2.24, 2.45) is 0 Å². The van der Waals surface area contributed by atoms with Crippen LogP contribution in [0.5, 0.6) is 0 Å². The monoisotopic (exact) mass is 281 g/mol. The van der Waals surface area contributed by atoms with Gasteiger partial charge in [-0.25, -0.2) is 0 Å². The SMILES string of the molecule is CSCCCCCNCC1CSc2ccccc21. The lowest BCUT2D eigenvalue weighted by Gasteiger charge is -2.11. The highest BCUT2D eigenvalue weighted by Gasteiger charge is 2.21. The molecule has 1 aromatic rings. The van der Waals surface area contributed by atoms with Gasteiger partial charge in [-0.05, 0) is 43.0 Å². The van der Waals surface area contributed by atoms with E-state index < -0.39 is 0 Å². The molecule has 1 nitrogen and oxygen atoms in total. The molecule has 1 aromatic carbocycles. The molecule has 0 fully saturated rings. The lowest BCUT2D eigenvalue weighted by Crippen LogP contribution is -2.22. The first kappa shape index (κ1) is 14.3. The van der Waals surface area contributed by atoms with Crippen molar-refractivity contribution in [2.75, 3.05) is 30.9 Å². The first-order valence-electron chi connectivity index (χ1n) is 6.83. The standard InChI is InChI=1S/C15H23NS2/c1-17-10-6-2-5-9-16-11-13-12-18-15-8-4-3-7-14(13)15/h3-4,7-8,13,16H,2,5-6,9-12H2,1H3. The van der Waals surface area contributed by atoms with Crippen molar-refractivity contribution in [3.8, 4) is 0 Å². The summed E-state index contributed by atoms with van der Waals surface area (Å²) in [6.45, 7) is 2.32. The van der Waals surface area contributed by atoms with Gasteiger partial charge in [-0.1, -0.05) is 24.6 Å². The topological polar surface area (TPSA) is 12.0 Å². The van der Waals surface area contributed by atoms with E-state index in [9.17, 15) is 0 Å². The van der Waals surface area contributed by atoms with Gasteiger partial charge in [0, 0.05) is 23.1 Å². The van der Waals surface area contributed by atoms with Crippen molar-refractivity contribution in [2.45, 2.75) is 30.1 Å². The molecule has 1 heterocycles. The van der Waals surface area contributed by atoms with Gasteiger partial charge >= 0.3 is 0 Å². The first-order valence-corrected chi connectivity index (χ1v) is 9.21. The average molecular weight is 281 g/mol. The van der Waals surface area contributed by atoms with Gasteiger partial charge in [-0.15, -0.1) is 11.8 Å². The summed E-state index contributed by atoms with van der Waals surface area (Å²) in [5.74, 6) is 3.28. The van der Waals surface area contributed by atoms with Crippen LogP contribution in [0.3, 0.4) is 0 Å². The molecule has 0 saturated carbocycles. The summed E-state index contributed by atoms with van der Waals surface area (Å²) in [4.78, 5) is 1.49. The van der Waals surface area contributed by atoms with Gasteiger partial charge < -0.3 is 5.32 Å². The van der Waals surface area contributed by atoms with Crippen LogP contribution in [0.1, 0.15) is 30.7 Å². The highest BCUT2D eigenvalue weighted by Crippen LogP contribution is 2.38. The summed E-state index contributed by atoms with van der Waals surface area (Å²) in [7, 11) is 0. The fraction of sp³-hybridized carbons (Fsp3) is 0.600. The van der Waals surface area contributed by atoms with E-state index in [1.54, 1.807) is 5.56 Å². The normalized spacial score (nSPS) is 17.9. The molecule has 1 aliphatic heterocycles. The molecule has 1 N–H and O–H groups in total. The number of rotatable bonds is 8. The lowest BCUT2D eigenvalue weighted by atomic mass is 10.0. The second-order valence-corrected chi connectivity index (χ2v) is 6.85. The van der Waals surface area contributed by atoms with E-state index in [2.05, 4.69) is 35.8 Å². The minimum atomic E-state index is 0.720. The predicted octanol–water partition coefficient (Wildman–Crippen LogP) is 4.00. The summed E-state index contributed by atoms with van der Waals surface area (Å²) < 4.78 is 0. The molecule has 100 valence electrons. The smallest absolute Gasteiger partial charge is 0.0108 e. The van der Waals surface area contributed by atoms with E-state index in [4.69, 9.17) is 0 Å². The van der Waals surface area contributed by atoms with Crippen LogP contribution < -0.4 is 5.32 Å². The summed E-state index contributed by atoms with van der Waals surface area (Å²) >= 11 is 3.96. The fourth-order valence-corrected chi connectivity index (χ4v) is 4.09. The molecular formula is C15H23NS2. The van der Waals surface area contributed by atoms with Gasteiger partial charge in [0.15, 0.2) is 0 Å². The minimum Gasteiger partial charge on any atom is -0.316 e. The number of benzene rings is 1. The third kappa shape index (κ3) is 4.22. The first-order chi connectivity index (χ1) is 8.92. The zero-order valence-electron chi connectivity index (χ0n) is 11.2. The molecule has 1 unspecified atom stereocenters. The number of fused-ring (bicyclic) bond motifs is 1. The van der Waals surface area contributed by atoms with Gasteiger partial charge in [0.2, 0.25) is 0 Å². The molecule has 0 radical (unpaired) electrons. The van der Waals surface area contributed by atoms with Crippen LogP contribution in [0.2, 0.25) is 0 Å². The van der Waals surface area contributed by atoms with Gasteiger partial charge in [0.25, 0.3) is 0 Å². The van der Waals surface area contributed by atoms with Crippen LogP contribution in [-0.2, 0) is 0 Å². The Hall–Kier alpha value is -0.120. The molecule has 1 aliphatic rings. The Morgan fingerprint density at radius 1 is 1.28 bits per heavy atom. The molecule has 0 saturated heterocycles. The maximum Gasteiger partial charge on any atom is 0.0108 e. The molecule has 0 spiro atoms. The van der Waals surface area contributed by atoms with Gasteiger partial charge in [0.05, 0.1) is 0 Å². The number of hydrogen-bond acceptors (Lipinski definition) is 3. The Bertz CT molecular complexity index is 354. The van der Waals surface area contributed by atoms with E-state index in [0.717, 1.165) is 12.5 Å². The molecule has 18 heavy (non-hydrogen) atoms. The Kier molecular flexibility index (Phi) is 6.46. The highest BCUT2D eigenvalue weighted by molar-refractivity contribution is 7.99. The molecule has 2 rings (SSSR count). The van der Waals surface area contributed by atoms with Crippen LogP contribution in [0.15, 0.2) is 29.2 Å². The number of thioether (sulfide) groups is 2. The van der Waals surface area contributed by atoms with Crippen molar-refractivity contribution < 1.29 is 0 Å². The molecule has 1 atom stereocenters. The summed E-state index contributed by atoms with van der Waals surface area (Å²) in [5, 5.41) is 3.63. The van der Waals surface area contributed by atoms with Gasteiger partial charge in [0.1, 0.15) is 0 Å². The summed E-state index contributed by atoms with van der Waals surface area (Å²) in [6.07, 6.45) is 6.24. The quantitative estimate of drug-likeness (QED) is 0.723. The summed E-state index contributed by atoms with van der Waals surface area (Å²) in [6, 6.07) is 8.86. The zero-order chi connectivity index (χ0) is 12.6. The number of unbranched alkanes of at least 4 members (excludes halogenated alkanes) is 2. The molecule has 0 amide bonds. The number of hydrogen-bond donors (Lipinski definition) is 1. The zero-order valence-corrected chi connectivity index (χ0v) is 12.8. The Balaban J connectivity index is 1.61. The fourth-order valence-electron chi connectivity index (χ4n) is 2.35. The van der Waals surface area contributed by atoms with Gasteiger partial charge in [-0.3, -0.25) is 0 Å². The maximum absolute atomic E-state index is 3.63. The average Bonchev–Trinajstić information content (AvgIpc) is 2.81. The van der Waals surface area contributed by atoms with Crippen LogP contribution in [0.4, 0.5) is 0 Å². The van der Waals surface area contributed by atoms with E-state index in [0.29, 0.717) is 0 Å². The summed E-state index contributed by atoms with van der Waals surface area (Å²) in [5.41, 5.74) is 1.55. The van der Waals surface area contributed by atoms with Crippen molar-refractivity contribution in [1.82, 2.24) is 5.32 Å². The maximum atomic E-state index is 3.63. The van der Waals surface area contributed by atoms with Crippen molar-refractivity contribution in [3.63, 3.8) is 0 Å². The third-order valence-electron chi connectivity index (χ3n) is 3.39. The van der Waals surface area contributed by atoms with Crippen LogP contribution >= 0.6 is 23.5 Å². The van der Waals surface area contributed by atoms with Crippen LogP contribution in [0.25, 0.3) is 0 Å². The minimum absolute atomic E-state index is 0.720. The van der Waals surface area contributed by atoms with Crippen molar-refractivity contribution in [1.29, 1.82) is 0 Å². The largest absolute Gasteiger partial charge is 0.316 e. The van der Waals surface area contributed by atoms with Crippen LogP contribution in [-0.4, -0.2) is 30.9 Å². The predicted molar refractivity (Wildman–Crippen MR) is 85.0 cm³/mol. The Morgan fingerprint density at radius 2 is 2.17 bits per heavy atom. The number of nitrogens with one attached hydrogen (secondary N) is 1. The van der Waals surface area contributed by atoms with Crippen molar-refractivity contribution in [3.05, 3.63) is 29.8 Å². The Labute approximate surface area is 120 Å². The molecule has 3 heteroatoms. The molecule has 0 bridgehead atoms. The third-order valence-corrected chi connectivity index (χ3v) is 5.34. The molecular weight excluding hydrogens is 258 g/mol. The van der Waals surface area contributed by atoms with Crippen molar-refractivity contribution >= 4 is 23.5 Å². The van der Waals surface area contributed by atoms with E-state index in [-0.39, 0.29) is 0 Å².